The average molecular weight is 569 g/mol. The Morgan fingerprint density at radius 1 is 1.14 bits per heavy atom. The molecule has 1 amide bonds. The van der Waals surface area contributed by atoms with Gasteiger partial charge in [0.25, 0.3) is 11.5 Å². The van der Waals surface area contributed by atoms with E-state index in [0.29, 0.717) is 17.2 Å². The van der Waals surface area contributed by atoms with Crippen molar-refractivity contribution in [1.29, 1.82) is 5.26 Å². The van der Waals surface area contributed by atoms with E-state index in [1.165, 1.54) is 16.4 Å². The number of likely N-dealkylation sites (tertiary alicyclic amines) is 1. The number of aryl methyl sites for hydroxylation is 1. The fraction of sp³-hybridized carbons (Fsp3) is 0.258. The van der Waals surface area contributed by atoms with Crippen LogP contribution in [0.1, 0.15) is 18.9 Å². The molecule has 1 saturated heterocycles. The number of pyridine rings is 1. The van der Waals surface area contributed by atoms with Gasteiger partial charge in [-0.3, -0.25) is 9.59 Å². The summed E-state index contributed by atoms with van der Waals surface area (Å²) in [6.07, 6.45) is 0.0736. The van der Waals surface area contributed by atoms with Gasteiger partial charge in [0.15, 0.2) is 12.0 Å². The lowest BCUT2D eigenvalue weighted by Crippen LogP contribution is -2.51. The van der Waals surface area contributed by atoms with Gasteiger partial charge in [-0.15, -0.1) is 0 Å². The van der Waals surface area contributed by atoms with E-state index >= 15 is 0 Å². The molecule has 5 rings (SSSR count). The van der Waals surface area contributed by atoms with Crippen LogP contribution in [0, 0.1) is 11.3 Å². The normalized spacial score (nSPS) is 17.3. The van der Waals surface area contributed by atoms with Gasteiger partial charge >= 0.3 is 0 Å². The Morgan fingerprint density at radius 3 is 2.60 bits per heavy atom. The Labute approximate surface area is 241 Å². The Balaban J connectivity index is 1.27. The summed E-state index contributed by atoms with van der Waals surface area (Å²) in [5, 5.41) is 22.5. The van der Waals surface area contributed by atoms with Crippen LogP contribution >= 0.6 is 0 Å². The average Bonchev–Trinajstić information content (AvgIpc) is 3.00. The maximum Gasteiger partial charge on any atom is 0.251 e. The summed E-state index contributed by atoms with van der Waals surface area (Å²) in [6.45, 7) is 1.41. The fourth-order valence-electron chi connectivity index (χ4n) is 4.69. The van der Waals surface area contributed by atoms with E-state index < -0.39 is 24.3 Å². The van der Waals surface area contributed by atoms with Gasteiger partial charge in [-0.25, -0.2) is 14.4 Å². The topological polar surface area (TPSA) is 133 Å². The van der Waals surface area contributed by atoms with Crippen LogP contribution in [-0.4, -0.2) is 61.9 Å². The van der Waals surface area contributed by atoms with Gasteiger partial charge in [0.1, 0.15) is 29.8 Å². The molecule has 3 heterocycles. The first-order chi connectivity index (χ1) is 20.2. The van der Waals surface area contributed by atoms with Crippen molar-refractivity contribution in [1.82, 2.24) is 19.4 Å². The summed E-state index contributed by atoms with van der Waals surface area (Å²) in [6, 6.07) is 19.8. The second-order valence-electron chi connectivity index (χ2n) is 10.1. The molecule has 2 aromatic heterocycles. The number of amides is 1. The van der Waals surface area contributed by atoms with Crippen molar-refractivity contribution >= 4 is 17.4 Å². The number of nitrogens with zero attached hydrogens (tertiary/aromatic N) is 5. The molecule has 1 fully saturated rings. The number of piperidine rings is 1. The highest BCUT2D eigenvalue weighted by Crippen LogP contribution is 2.29. The van der Waals surface area contributed by atoms with Crippen LogP contribution in [0.25, 0.3) is 22.5 Å². The number of hydrogen-bond donors (Lipinski definition) is 2. The predicted octanol–water partition coefficient (Wildman–Crippen LogP) is 3.82. The number of alkyl halides is 1. The molecule has 2 aromatic carbocycles. The largest absolute Gasteiger partial charge is 0.486 e. The number of hydrogen-bond acceptors (Lipinski definition) is 8. The van der Waals surface area contributed by atoms with Gasteiger partial charge in [0.2, 0.25) is 0 Å². The van der Waals surface area contributed by atoms with E-state index in [1.807, 2.05) is 30.3 Å². The standard InChI is InChI=1S/C31H29FN6O4/c1-19(39)31(41)38-14-11-27(25(32)18-38)42-26-8-5-22(15-23(26)17-33)30-34-12-9-28(36-30)35-24-6-3-20(4-7-24)21-10-13-37(2)29(40)16-21/h3-10,12-13,15-16,19,25,27,39H,11,14,18H2,1-2H3,(H,34,35,36)/t19-,25+,27-/m0/s1. The molecule has 0 spiro atoms. The summed E-state index contributed by atoms with van der Waals surface area (Å²) < 4.78 is 22.2. The highest BCUT2D eigenvalue weighted by atomic mass is 19.1. The Morgan fingerprint density at radius 2 is 1.90 bits per heavy atom. The number of carbonyl (C=O) groups excluding carboxylic acids is 1. The quantitative estimate of drug-likeness (QED) is 0.344. The zero-order valence-electron chi connectivity index (χ0n) is 23.1. The SMILES string of the molecule is C[C@H](O)C(=O)N1CC[C@H](Oc2ccc(-c3nccc(Nc4ccc(-c5ccn(C)c(=O)c5)cc4)n3)cc2C#N)[C@H](F)C1. The number of halogens is 1. The van der Waals surface area contributed by atoms with Gasteiger partial charge in [-0.2, -0.15) is 5.26 Å². The second kappa shape index (κ2) is 12.2. The highest BCUT2D eigenvalue weighted by molar-refractivity contribution is 5.80. The molecule has 0 radical (unpaired) electrons. The first-order valence-electron chi connectivity index (χ1n) is 13.4. The summed E-state index contributed by atoms with van der Waals surface area (Å²) in [4.78, 5) is 34.2. The zero-order valence-corrected chi connectivity index (χ0v) is 23.1. The minimum absolute atomic E-state index is 0.0825. The second-order valence-corrected chi connectivity index (χ2v) is 10.1. The molecule has 10 nitrogen and oxygen atoms in total. The Kier molecular flexibility index (Phi) is 8.26. The lowest BCUT2D eigenvalue weighted by Gasteiger charge is -2.35. The third-order valence-corrected chi connectivity index (χ3v) is 7.04. The summed E-state index contributed by atoms with van der Waals surface area (Å²) >= 11 is 0. The van der Waals surface area contributed by atoms with Crippen molar-refractivity contribution in [2.45, 2.75) is 31.7 Å². The number of aliphatic hydroxyl groups excluding tert-OH is 1. The third-order valence-electron chi connectivity index (χ3n) is 7.04. The number of aliphatic hydroxyl groups is 1. The first-order valence-corrected chi connectivity index (χ1v) is 13.4. The highest BCUT2D eigenvalue weighted by Gasteiger charge is 2.34. The maximum absolute atomic E-state index is 14.8. The van der Waals surface area contributed by atoms with Crippen LogP contribution in [0.3, 0.4) is 0 Å². The smallest absolute Gasteiger partial charge is 0.251 e. The number of aromatic nitrogens is 3. The maximum atomic E-state index is 14.8. The van der Waals surface area contributed by atoms with E-state index in [-0.39, 0.29) is 36.4 Å². The zero-order chi connectivity index (χ0) is 29.8. The number of benzene rings is 2. The van der Waals surface area contributed by atoms with Crippen LogP contribution in [0.5, 0.6) is 5.75 Å². The number of ether oxygens (including phenoxy) is 1. The van der Waals surface area contributed by atoms with Crippen molar-refractivity contribution in [3.8, 4) is 34.3 Å². The van der Waals surface area contributed by atoms with Gasteiger partial charge < -0.3 is 24.6 Å². The monoisotopic (exact) mass is 568 g/mol. The lowest BCUT2D eigenvalue weighted by atomic mass is 10.0. The van der Waals surface area contributed by atoms with E-state index in [1.54, 1.807) is 49.8 Å². The molecule has 11 heteroatoms. The molecule has 0 bridgehead atoms. The first kappa shape index (κ1) is 28.4. The number of anilines is 2. The van der Waals surface area contributed by atoms with Crippen molar-refractivity contribution in [2.75, 3.05) is 18.4 Å². The minimum Gasteiger partial charge on any atom is -0.486 e. The summed E-state index contributed by atoms with van der Waals surface area (Å²) in [7, 11) is 1.70. The van der Waals surface area contributed by atoms with Crippen LogP contribution in [0.2, 0.25) is 0 Å². The Hall–Kier alpha value is -5.08. The Bertz CT molecular complexity index is 1700. The van der Waals surface area contributed by atoms with Crippen LogP contribution in [-0.2, 0) is 11.8 Å². The molecule has 2 N–H and O–H groups in total. The van der Waals surface area contributed by atoms with E-state index in [9.17, 15) is 24.3 Å². The molecule has 0 saturated carbocycles. The molecule has 0 aliphatic carbocycles. The molecule has 214 valence electrons. The molecule has 42 heavy (non-hydrogen) atoms. The molecule has 1 aliphatic heterocycles. The summed E-state index contributed by atoms with van der Waals surface area (Å²) in [5.74, 6) is 0.634. The van der Waals surface area contributed by atoms with Crippen molar-refractivity contribution in [2.24, 2.45) is 7.05 Å². The summed E-state index contributed by atoms with van der Waals surface area (Å²) in [5.41, 5.74) is 3.23. The van der Waals surface area contributed by atoms with Crippen LogP contribution in [0.15, 0.2) is 77.9 Å². The van der Waals surface area contributed by atoms with Crippen molar-refractivity contribution in [3.63, 3.8) is 0 Å². The van der Waals surface area contributed by atoms with E-state index in [0.717, 1.165) is 16.8 Å². The van der Waals surface area contributed by atoms with Gasteiger partial charge in [0, 0.05) is 49.7 Å². The molecule has 0 unspecified atom stereocenters. The number of rotatable bonds is 7. The van der Waals surface area contributed by atoms with Gasteiger partial charge in [0.05, 0.1) is 12.1 Å². The number of nitrogens with one attached hydrogen (secondary N) is 1. The third kappa shape index (κ3) is 6.29. The van der Waals surface area contributed by atoms with Crippen molar-refractivity contribution in [3.05, 3.63) is 89.0 Å². The fourth-order valence-corrected chi connectivity index (χ4v) is 4.69. The van der Waals surface area contributed by atoms with Gasteiger partial charge in [-0.05, 0) is 60.5 Å². The molecule has 1 aliphatic rings. The van der Waals surface area contributed by atoms with E-state index in [2.05, 4.69) is 21.4 Å². The molecular weight excluding hydrogens is 539 g/mol. The van der Waals surface area contributed by atoms with Crippen LogP contribution < -0.4 is 15.6 Å². The molecular formula is C31H29FN6O4. The van der Waals surface area contributed by atoms with Crippen LogP contribution in [0.4, 0.5) is 15.9 Å². The van der Waals surface area contributed by atoms with Crippen molar-refractivity contribution < 1.29 is 19.0 Å². The van der Waals surface area contributed by atoms with E-state index in [4.69, 9.17) is 4.74 Å². The number of carbonyl (C=O) groups is 1. The number of nitriles is 1. The molecule has 3 atom stereocenters. The lowest BCUT2D eigenvalue weighted by molar-refractivity contribution is -0.143. The van der Waals surface area contributed by atoms with Gasteiger partial charge in [-0.1, -0.05) is 12.1 Å². The molecule has 4 aromatic rings. The minimum atomic E-state index is -1.46. The predicted molar refractivity (Wildman–Crippen MR) is 155 cm³/mol.